The minimum atomic E-state index is -1.07. The van der Waals surface area contributed by atoms with Crippen LogP contribution in [0.4, 0.5) is 11.5 Å². The van der Waals surface area contributed by atoms with Crippen LogP contribution < -0.4 is 5.32 Å². The second-order valence-corrected chi connectivity index (χ2v) is 4.40. The number of aromatic nitrogens is 1. The van der Waals surface area contributed by atoms with E-state index in [9.17, 15) is 4.79 Å². The topological polar surface area (TPSA) is 62.2 Å². The Morgan fingerprint density at radius 3 is 2.84 bits per heavy atom. The molecule has 5 heteroatoms. The first-order valence-corrected chi connectivity index (χ1v) is 6.23. The standard InChI is InChI=1S/C14H13ClN2O2/c1-2-9-5-3-4-6-12(9)17-13-7-10(14(18)19)11(15)8-16-13/h3-8H,2H2,1H3,(H,16,17)(H,18,19). The van der Waals surface area contributed by atoms with Crippen molar-refractivity contribution in [1.82, 2.24) is 4.98 Å². The number of benzene rings is 1. The van der Waals surface area contributed by atoms with Crippen molar-refractivity contribution in [2.75, 3.05) is 5.32 Å². The summed E-state index contributed by atoms with van der Waals surface area (Å²) in [6.07, 6.45) is 2.21. The molecule has 0 radical (unpaired) electrons. The number of pyridine rings is 1. The van der Waals surface area contributed by atoms with E-state index < -0.39 is 5.97 Å². The van der Waals surface area contributed by atoms with Crippen LogP contribution in [-0.2, 0) is 6.42 Å². The predicted molar refractivity (Wildman–Crippen MR) is 75.3 cm³/mol. The smallest absolute Gasteiger partial charge is 0.337 e. The van der Waals surface area contributed by atoms with Crippen LogP contribution in [0.25, 0.3) is 0 Å². The van der Waals surface area contributed by atoms with E-state index in [1.54, 1.807) is 0 Å². The first-order valence-electron chi connectivity index (χ1n) is 5.85. The Kier molecular flexibility index (Phi) is 4.02. The molecule has 0 unspecified atom stereocenters. The first kappa shape index (κ1) is 13.4. The van der Waals surface area contributed by atoms with E-state index in [1.165, 1.54) is 12.3 Å². The van der Waals surface area contributed by atoms with E-state index >= 15 is 0 Å². The molecular formula is C14H13ClN2O2. The summed E-state index contributed by atoms with van der Waals surface area (Å²) in [6, 6.07) is 9.24. The van der Waals surface area contributed by atoms with Crippen LogP contribution in [0.2, 0.25) is 5.02 Å². The molecule has 1 aromatic carbocycles. The van der Waals surface area contributed by atoms with Gasteiger partial charge in [-0.1, -0.05) is 36.7 Å². The fourth-order valence-corrected chi connectivity index (χ4v) is 1.94. The van der Waals surface area contributed by atoms with Crippen molar-refractivity contribution < 1.29 is 9.90 Å². The van der Waals surface area contributed by atoms with Crippen LogP contribution in [0, 0.1) is 0 Å². The van der Waals surface area contributed by atoms with Gasteiger partial charge in [0.2, 0.25) is 0 Å². The number of aromatic carboxylic acids is 1. The Hall–Kier alpha value is -2.07. The van der Waals surface area contributed by atoms with Crippen molar-refractivity contribution in [3.63, 3.8) is 0 Å². The maximum absolute atomic E-state index is 11.0. The van der Waals surface area contributed by atoms with Gasteiger partial charge in [-0.25, -0.2) is 9.78 Å². The zero-order valence-corrected chi connectivity index (χ0v) is 11.1. The monoisotopic (exact) mass is 276 g/mol. The zero-order chi connectivity index (χ0) is 13.8. The van der Waals surface area contributed by atoms with Gasteiger partial charge < -0.3 is 10.4 Å². The Morgan fingerprint density at radius 1 is 1.42 bits per heavy atom. The van der Waals surface area contributed by atoms with Crippen LogP contribution in [0.15, 0.2) is 36.5 Å². The van der Waals surface area contributed by atoms with Crippen molar-refractivity contribution >= 4 is 29.1 Å². The van der Waals surface area contributed by atoms with E-state index in [-0.39, 0.29) is 10.6 Å². The van der Waals surface area contributed by atoms with Crippen molar-refractivity contribution in [1.29, 1.82) is 0 Å². The Bertz CT molecular complexity index is 614. The summed E-state index contributed by atoms with van der Waals surface area (Å²) >= 11 is 5.78. The number of carboxylic acids is 1. The fraction of sp³-hybridized carbons (Fsp3) is 0.143. The van der Waals surface area contributed by atoms with Gasteiger partial charge in [0.25, 0.3) is 0 Å². The lowest BCUT2D eigenvalue weighted by Crippen LogP contribution is -2.02. The summed E-state index contributed by atoms with van der Waals surface area (Å²) in [5.74, 6) is -0.609. The minimum absolute atomic E-state index is 0.0353. The van der Waals surface area contributed by atoms with Gasteiger partial charge in [-0.2, -0.15) is 0 Å². The molecule has 2 aromatic rings. The minimum Gasteiger partial charge on any atom is -0.478 e. The molecule has 0 saturated carbocycles. The second-order valence-electron chi connectivity index (χ2n) is 3.99. The lowest BCUT2D eigenvalue weighted by atomic mass is 10.1. The van der Waals surface area contributed by atoms with E-state index in [2.05, 4.69) is 17.2 Å². The number of halogens is 1. The maximum atomic E-state index is 11.0. The van der Waals surface area contributed by atoms with Crippen molar-refractivity contribution in [2.24, 2.45) is 0 Å². The summed E-state index contributed by atoms with van der Waals surface area (Å²) in [5, 5.41) is 12.3. The number of carbonyl (C=O) groups is 1. The van der Waals surface area contributed by atoms with Crippen LogP contribution in [0.3, 0.4) is 0 Å². The number of nitrogens with zero attached hydrogens (tertiary/aromatic N) is 1. The van der Waals surface area contributed by atoms with Crippen molar-refractivity contribution in [3.8, 4) is 0 Å². The molecule has 0 bridgehead atoms. The maximum Gasteiger partial charge on any atom is 0.337 e. The molecule has 0 saturated heterocycles. The van der Waals surface area contributed by atoms with Gasteiger partial charge in [-0.3, -0.25) is 0 Å². The van der Waals surface area contributed by atoms with Crippen LogP contribution >= 0.6 is 11.6 Å². The van der Waals surface area contributed by atoms with Gasteiger partial charge >= 0.3 is 5.97 Å². The van der Waals surface area contributed by atoms with Crippen molar-refractivity contribution in [2.45, 2.75) is 13.3 Å². The largest absolute Gasteiger partial charge is 0.478 e. The Morgan fingerprint density at radius 2 is 2.16 bits per heavy atom. The number of hydrogen-bond acceptors (Lipinski definition) is 3. The average molecular weight is 277 g/mol. The number of anilines is 2. The summed E-state index contributed by atoms with van der Waals surface area (Å²) in [4.78, 5) is 15.1. The van der Waals surface area contributed by atoms with Crippen LogP contribution in [-0.4, -0.2) is 16.1 Å². The van der Waals surface area contributed by atoms with E-state index in [0.717, 1.165) is 17.7 Å². The second kappa shape index (κ2) is 5.71. The zero-order valence-electron chi connectivity index (χ0n) is 10.4. The molecule has 2 N–H and O–H groups in total. The number of para-hydroxylation sites is 1. The fourth-order valence-electron chi connectivity index (χ4n) is 1.76. The molecular weight excluding hydrogens is 264 g/mol. The molecule has 0 amide bonds. The molecule has 19 heavy (non-hydrogen) atoms. The highest BCUT2D eigenvalue weighted by Crippen LogP contribution is 2.23. The summed E-state index contributed by atoms with van der Waals surface area (Å²) in [6.45, 7) is 2.05. The first-order chi connectivity index (χ1) is 9.11. The summed E-state index contributed by atoms with van der Waals surface area (Å²) in [7, 11) is 0. The molecule has 1 aromatic heterocycles. The van der Waals surface area contributed by atoms with Gasteiger partial charge in [0, 0.05) is 11.9 Å². The molecule has 0 atom stereocenters. The molecule has 0 fully saturated rings. The third kappa shape index (κ3) is 3.03. The molecule has 0 aliphatic rings. The Labute approximate surface area is 116 Å². The van der Waals surface area contributed by atoms with Gasteiger partial charge in [0.15, 0.2) is 0 Å². The van der Waals surface area contributed by atoms with Crippen LogP contribution in [0.1, 0.15) is 22.8 Å². The SMILES string of the molecule is CCc1ccccc1Nc1cc(C(=O)O)c(Cl)cn1. The third-order valence-electron chi connectivity index (χ3n) is 2.75. The summed E-state index contributed by atoms with van der Waals surface area (Å²) < 4.78 is 0. The molecule has 98 valence electrons. The van der Waals surface area contributed by atoms with Gasteiger partial charge in [-0.05, 0) is 24.1 Å². The highest BCUT2D eigenvalue weighted by molar-refractivity contribution is 6.33. The van der Waals surface area contributed by atoms with Gasteiger partial charge in [0.1, 0.15) is 5.82 Å². The normalized spacial score (nSPS) is 10.2. The molecule has 0 aliphatic heterocycles. The lowest BCUT2D eigenvalue weighted by Gasteiger charge is -2.10. The predicted octanol–water partition coefficient (Wildman–Crippen LogP) is 3.74. The van der Waals surface area contributed by atoms with E-state index in [0.29, 0.717) is 5.82 Å². The lowest BCUT2D eigenvalue weighted by molar-refractivity contribution is 0.0697. The Balaban J connectivity index is 2.33. The number of nitrogens with one attached hydrogen (secondary N) is 1. The summed E-state index contributed by atoms with van der Waals surface area (Å²) in [5.41, 5.74) is 2.08. The average Bonchev–Trinajstić information content (AvgIpc) is 2.41. The van der Waals surface area contributed by atoms with Gasteiger partial charge in [0.05, 0.1) is 10.6 Å². The van der Waals surface area contributed by atoms with E-state index in [4.69, 9.17) is 16.7 Å². The number of carboxylic acid groups (broad SMARTS) is 1. The number of aryl methyl sites for hydroxylation is 1. The number of hydrogen-bond donors (Lipinski definition) is 2. The van der Waals surface area contributed by atoms with Gasteiger partial charge in [-0.15, -0.1) is 0 Å². The molecule has 1 heterocycles. The third-order valence-corrected chi connectivity index (χ3v) is 3.05. The van der Waals surface area contributed by atoms with Crippen molar-refractivity contribution in [3.05, 3.63) is 52.7 Å². The molecule has 0 aliphatic carbocycles. The van der Waals surface area contributed by atoms with E-state index in [1.807, 2.05) is 24.3 Å². The quantitative estimate of drug-likeness (QED) is 0.893. The molecule has 4 nitrogen and oxygen atoms in total. The number of rotatable bonds is 4. The van der Waals surface area contributed by atoms with Crippen LogP contribution in [0.5, 0.6) is 0 Å². The highest BCUT2D eigenvalue weighted by Gasteiger charge is 2.11. The molecule has 2 rings (SSSR count). The highest BCUT2D eigenvalue weighted by atomic mass is 35.5. The molecule has 0 spiro atoms.